The van der Waals surface area contributed by atoms with Gasteiger partial charge in [-0.2, -0.15) is 15.4 Å². The van der Waals surface area contributed by atoms with Gasteiger partial charge in [0.2, 0.25) is 0 Å². The Kier molecular flexibility index (Phi) is 2.59. The number of carbonyl (C=O) groups is 2. The molecule has 0 spiro atoms. The predicted molar refractivity (Wildman–Crippen MR) is 79.3 cm³/mol. The molecule has 1 aromatic heterocycles. The summed E-state index contributed by atoms with van der Waals surface area (Å²) in [6.07, 6.45) is 0. The number of carbonyl (C=O) groups excluding carboxylic acids is 2. The van der Waals surface area contributed by atoms with Gasteiger partial charge in [0, 0.05) is 0 Å². The van der Waals surface area contributed by atoms with Crippen molar-refractivity contribution in [2.45, 2.75) is 13.5 Å². The third kappa shape index (κ3) is 1.81. The summed E-state index contributed by atoms with van der Waals surface area (Å²) in [5.74, 6) is -0.496. The van der Waals surface area contributed by atoms with Gasteiger partial charge >= 0.3 is 0 Å². The molecule has 0 atom stereocenters. The van der Waals surface area contributed by atoms with Crippen LogP contribution in [0.2, 0.25) is 0 Å². The second-order valence-corrected chi connectivity index (χ2v) is 5.39. The number of fused-ring (bicyclic) bond motifs is 2. The lowest BCUT2D eigenvalue weighted by molar-refractivity contribution is 0.0642. The Morgan fingerprint density at radius 2 is 1.73 bits per heavy atom. The molecule has 4 rings (SSSR count). The van der Waals surface area contributed by atoms with Gasteiger partial charge in [-0.15, -0.1) is 0 Å². The molecular formula is C16H12N4O2. The summed E-state index contributed by atoms with van der Waals surface area (Å²) in [5.41, 5.74) is 4.22. The predicted octanol–water partition coefficient (Wildman–Crippen LogP) is 2.06. The summed E-state index contributed by atoms with van der Waals surface area (Å²) in [5, 5.41) is 10.5. The van der Waals surface area contributed by atoms with Gasteiger partial charge in [-0.25, -0.2) is 0 Å². The van der Waals surface area contributed by atoms with Gasteiger partial charge in [0.25, 0.3) is 11.8 Å². The third-order valence-corrected chi connectivity index (χ3v) is 3.85. The number of imide groups is 1. The summed E-state index contributed by atoms with van der Waals surface area (Å²) in [6, 6.07) is 10.8. The number of hydrogen-bond donors (Lipinski definition) is 1. The van der Waals surface area contributed by atoms with E-state index in [4.69, 9.17) is 0 Å². The molecule has 0 radical (unpaired) electrons. The van der Waals surface area contributed by atoms with Crippen molar-refractivity contribution in [2.75, 3.05) is 0 Å². The van der Waals surface area contributed by atoms with Crippen molar-refractivity contribution in [3.8, 4) is 0 Å². The fraction of sp³-hybridized carbons (Fsp3) is 0.125. The first-order valence-electron chi connectivity index (χ1n) is 6.90. The van der Waals surface area contributed by atoms with Crippen molar-refractivity contribution in [1.82, 2.24) is 20.3 Å². The highest BCUT2D eigenvalue weighted by Crippen LogP contribution is 2.25. The Morgan fingerprint density at radius 3 is 2.59 bits per heavy atom. The maximum absolute atomic E-state index is 12.4. The Bertz CT molecular complexity index is 929. The number of rotatable bonds is 2. The highest BCUT2D eigenvalue weighted by atomic mass is 16.2. The average Bonchev–Trinajstić information content (AvgIpc) is 3.06. The van der Waals surface area contributed by atoms with Crippen molar-refractivity contribution in [3.05, 3.63) is 58.7 Å². The summed E-state index contributed by atoms with van der Waals surface area (Å²) >= 11 is 0. The molecule has 1 N–H and O–H groups in total. The molecule has 2 amide bonds. The molecule has 22 heavy (non-hydrogen) atoms. The first-order chi connectivity index (χ1) is 10.6. The van der Waals surface area contributed by atoms with Crippen LogP contribution >= 0.6 is 0 Å². The van der Waals surface area contributed by atoms with Crippen molar-refractivity contribution in [3.63, 3.8) is 0 Å². The maximum atomic E-state index is 12.4. The molecule has 108 valence electrons. The normalized spacial score (nSPS) is 14.0. The fourth-order valence-electron chi connectivity index (χ4n) is 2.71. The molecule has 0 fully saturated rings. The van der Waals surface area contributed by atoms with Crippen LogP contribution in [0.4, 0.5) is 0 Å². The molecule has 0 bridgehead atoms. The van der Waals surface area contributed by atoms with E-state index >= 15 is 0 Å². The number of amides is 2. The molecule has 0 saturated carbocycles. The lowest BCUT2D eigenvalue weighted by Crippen LogP contribution is -2.29. The largest absolute Gasteiger partial charge is 0.270 e. The van der Waals surface area contributed by atoms with Crippen LogP contribution in [0.1, 0.15) is 31.8 Å². The molecule has 2 aromatic carbocycles. The number of aromatic amines is 1. The minimum absolute atomic E-state index is 0.230. The van der Waals surface area contributed by atoms with Gasteiger partial charge < -0.3 is 0 Å². The van der Waals surface area contributed by atoms with E-state index in [-0.39, 0.29) is 18.4 Å². The molecule has 1 aliphatic rings. The molecule has 2 heterocycles. The van der Waals surface area contributed by atoms with Crippen LogP contribution in [0.5, 0.6) is 0 Å². The number of benzene rings is 2. The summed E-state index contributed by atoms with van der Waals surface area (Å²) < 4.78 is 0. The molecule has 6 nitrogen and oxygen atoms in total. The van der Waals surface area contributed by atoms with Crippen LogP contribution in [-0.2, 0) is 6.54 Å². The average molecular weight is 292 g/mol. The Morgan fingerprint density at radius 1 is 0.955 bits per heavy atom. The van der Waals surface area contributed by atoms with Crippen molar-refractivity contribution >= 4 is 22.8 Å². The van der Waals surface area contributed by atoms with E-state index in [1.807, 2.05) is 31.2 Å². The number of nitrogens with zero attached hydrogens (tertiary/aromatic N) is 3. The molecule has 1 aliphatic heterocycles. The van der Waals surface area contributed by atoms with Gasteiger partial charge in [0.15, 0.2) is 0 Å². The summed E-state index contributed by atoms with van der Waals surface area (Å²) in [7, 11) is 0. The van der Waals surface area contributed by atoms with Crippen LogP contribution < -0.4 is 0 Å². The van der Waals surface area contributed by atoms with Crippen LogP contribution in [0.3, 0.4) is 0 Å². The van der Waals surface area contributed by atoms with E-state index in [2.05, 4.69) is 15.4 Å². The Hall–Kier alpha value is -3.02. The van der Waals surface area contributed by atoms with Crippen LogP contribution in [0, 0.1) is 6.92 Å². The van der Waals surface area contributed by atoms with E-state index < -0.39 is 0 Å². The molecule has 0 unspecified atom stereocenters. The second kappa shape index (κ2) is 4.49. The number of nitrogens with one attached hydrogen (secondary N) is 1. The van der Waals surface area contributed by atoms with Crippen LogP contribution in [0.25, 0.3) is 11.0 Å². The molecule has 0 saturated heterocycles. The van der Waals surface area contributed by atoms with Gasteiger partial charge in [0.05, 0.1) is 17.7 Å². The number of aromatic nitrogens is 3. The van der Waals surface area contributed by atoms with Crippen molar-refractivity contribution in [2.24, 2.45) is 0 Å². The standard InChI is InChI=1S/C16H12N4O2/c1-9-2-4-11-12(6-9)16(22)20(15(11)21)8-10-3-5-13-14(7-10)18-19-17-13/h2-7H,8H2,1H3,(H,17,18,19). The summed E-state index contributed by atoms with van der Waals surface area (Å²) in [6.45, 7) is 2.13. The third-order valence-electron chi connectivity index (χ3n) is 3.85. The lowest BCUT2D eigenvalue weighted by atomic mass is 10.1. The van der Waals surface area contributed by atoms with E-state index in [0.29, 0.717) is 16.6 Å². The fourth-order valence-corrected chi connectivity index (χ4v) is 2.71. The van der Waals surface area contributed by atoms with Crippen LogP contribution in [0.15, 0.2) is 36.4 Å². The minimum Gasteiger partial charge on any atom is -0.270 e. The highest BCUT2D eigenvalue weighted by Gasteiger charge is 2.35. The van der Waals surface area contributed by atoms with Gasteiger partial charge in [-0.1, -0.05) is 17.7 Å². The van der Waals surface area contributed by atoms with E-state index in [0.717, 1.165) is 16.6 Å². The first kappa shape index (κ1) is 12.7. The zero-order chi connectivity index (χ0) is 15.3. The molecule has 0 aliphatic carbocycles. The lowest BCUT2D eigenvalue weighted by Gasteiger charge is -2.13. The molecule has 6 heteroatoms. The number of H-pyrrole nitrogens is 1. The smallest absolute Gasteiger partial charge is 0.261 e. The minimum atomic E-state index is -0.250. The summed E-state index contributed by atoms with van der Waals surface area (Å²) in [4.78, 5) is 26.1. The van der Waals surface area contributed by atoms with Gasteiger partial charge in [-0.3, -0.25) is 14.5 Å². The van der Waals surface area contributed by atoms with E-state index in [1.54, 1.807) is 12.1 Å². The zero-order valence-corrected chi connectivity index (χ0v) is 11.8. The Labute approximate surface area is 125 Å². The van der Waals surface area contributed by atoms with Gasteiger partial charge in [-0.05, 0) is 36.8 Å². The van der Waals surface area contributed by atoms with Gasteiger partial charge in [0.1, 0.15) is 11.0 Å². The quantitative estimate of drug-likeness (QED) is 0.733. The van der Waals surface area contributed by atoms with Crippen molar-refractivity contribution in [1.29, 1.82) is 0 Å². The number of aryl methyl sites for hydroxylation is 1. The SMILES string of the molecule is Cc1ccc2c(c1)C(=O)N(Cc1ccc3n[nH]nc3c1)C2=O. The Balaban J connectivity index is 1.69. The van der Waals surface area contributed by atoms with E-state index in [1.165, 1.54) is 4.90 Å². The topological polar surface area (TPSA) is 79.0 Å². The van der Waals surface area contributed by atoms with Crippen molar-refractivity contribution < 1.29 is 9.59 Å². The molecule has 3 aromatic rings. The monoisotopic (exact) mass is 292 g/mol. The second-order valence-electron chi connectivity index (χ2n) is 5.39. The zero-order valence-electron chi connectivity index (χ0n) is 11.8. The number of hydrogen-bond acceptors (Lipinski definition) is 4. The first-order valence-corrected chi connectivity index (χ1v) is 6.90. The highest BCUT2D eigenvalue weighted by molar-refractivity contribution is 6.21. The van der Waals surface area contributed by atoms with E-state index in [9.17, 15) is 9.59 Å². The van der Waals surface area contributed by atoms with Crippen LogP contribution in [-0.4, -0.2) is 32.1 Å². The molecular weight excluding hydrogens is 280 g/mol. The maximum Gasteiger partial charge on any atom is 0.261 e.